The minimum Gasteiger partial charge on any atom is -0.493 e. The van der Waals surface area contributed by atoms with E-state index in [1.807, 2.05) is 19.9 Å². The molecule has 0 aliphatic rings. The van der Waals surface area contributed by atoms with Crippen molar-refractivity contribution in [3.05, 3.63) is 28.8 Å². The second-order valence-corrected chi connectivity index (χ2v) is 5.41. The Morgan fingerprint density at radius 2 is 1.90 bits per heavy atom. The number of aryl methyl sites for hydroxylation is 2. The van der Waals surface area contributed by atoms with Crippen LogP contribution in [-0.4, -0.2) is 17.7 Å². The number of hydrogen-bond acceptors (Lipinski definition) is 2. The Morgan fingerprint density at radius 1 is 1.20 bits per heavy atom. The predicted molar refractivity (Wildman–Crippen MR) is 81.6 cm³/mol. The zero-order chi connectivity index (χ0) is 15.1. The first-order valence-electron chi connectivity index (χ1n) is 7.45. The maximum atomic E-state index is 11.0. The van der Waals surface area contributed by atoms with Gasteiger partial charge in [0, 0.05) is 0 Å². The number of benzene rings is 1. The largest absolute Gasteiger partial charge is 0.493 e. The second kappa shape index (κ2) is 7.93. The Morgan fingerprint density at radius 3 is 2.45 bits per heavy atom. The highest BCUT2D eigenvalue weighted by Gasteiger charge is 2.18. The fraction of sp³-hybridized carbons (Fsp3) is 0.588. The zero-order valence-corrected chi connectivity index (χ0v) is 13.0. The first kappa shape index (κ1) is 16.5. The van der Waals surface area contributed by atoms with Gasteiger partial charge in [0.15, 0.2) is 0 Å². The van der Waals surface area contributed by atoms with E-state index >= 15 is 0 Å². The molecule has 0 saturated carbocycles. The molecule has 0 heterocycles. The van der Waals surface area contributed by atoms with Crippen molar-refractivity contribution in [3.63, 3.8) is 0 Å². The molecular weight excluding hydrogens is 252 g/mol. The highest BCUT2D eigenvalue weighted by atomic mass is 16.5. The lowest BCUT2D eigenvalue weighted by Crippen LogP contribution is -2.09. The molecule has 20 heavy (non-hydrogen) atoms. The third kappa shape index (κ3) is 4.55. The molecule has 112 valence electrons. The van der Waals surface area contributed by atoms with Gasteiger partial charge >= 0.3 is 5.97 Å². The summed E-state index contributed by atoms with van der Waals surface area (Å²) in [6.45, 7) is 8.96. The molecule has 1 unspecified atom stereocenters. The van der Waals surface area contributed by atoms with Gasteiger partial charge in [0.05, 0.1) is 13.0 Å². The average Bonchev–Trinajstić information content (AvgIpc) is 2.38. The summed E-state index contributed by atoms with van der Waals surface area (Å²) in [6, 6.07) is 4.15. The molecule has 0 fully saturated rings. The molecule has 0 radical (unpaired) electrons. The lowest BCUT2D eigenvalue weighted by Gasteiger charge is -2.19. The van der Waals surface area contributed by atoms with Crippen LogP contribution in [0.4, 0.5) is 0 Å². The third-order valence-corrected chi connectivity index (χ3v) is 3.52. The molecule has 0 aliphatic carbocycles. The first-order chi connectivity index (χ1) is 9.49. The van der Waals surface area contributed by atoms with Gasteiger partial charge in [-0.25, -0.2) is 0 Å². The summed E-state index contributed by atoms with van der Waals surface area (Å²) in [7, 11) is 0. The maximum Gasteiger partial charge on any atom is 0.303 e. The Balaban J connectivity index is 3.03. The molecule has 0 amide bonds. The van der Waals surface area contributed by atoms with Crippen molar-refractivity contribution < 1.29 is 14.6 Å². The summed E-state index contributed by atoms with van der Waals surface area (Å²) in [4.78, 5) is 11.0. The van der Waals surface area contributed by atoms with Gasteiger partial charge in [-0.2, -0.15) is 0 Å². The Kier molecular flexibility index (Phi) is 6.56. The Bertz CT molecular complexity index is 452. The van der Waals surface area contributed by atoms with Crippen LogP contribution in [0.25, 0.3) is 0 Å². The molecule has 3 nitrogen and oxygen atoms in total. The summed E-state index contributed by atoms with van der Waals surface area (Å²) in [5, 5.41) is 9.08. The van der Waals surface area contributed by atoms with Crippen LogP contribution in [0.5, 0.6) is 5.75 Å². The molecule has 1 aromatic carbocycles. The van der Waals surface area contributed by atoms with E-state index < -0.39 is 5.97 Å². The molecule has 0 aromatic heterocycles. The summed E-state index contributed by atoms with van der Waals surface area (Å²) in [5.74, 6) is 0.280. The minimum absolute atomic E-state index is 0.0939. The van der Waals surface area contributed by atoms with Crippen molar-refractivity contribution in [2.75, 3.05) is 6.61 Å². The van der Waals surface area contributed by atoms with Gasteiger partial charge in [0.2, 0.25) is 0 Å². The van der Waals surface area contributed by atoms with Gasteiger partial charge in [0.25, 0.3) is 0 Å². The van der Waals surface area contributed by atoms with Crippen LogP contribution in [0.2, 0.25) is 0 Å². The van der Waals surface area contributed by atoms with Crippen molar-refractivity contribution in [1.82, 2.24) is 0 Å². The van der Waals surface area contributed by atoms with E-state index in [4.69, 9.17) is 9.84 Å². The Hall–Kier alpha value is -1.51. The molecule has 0 bridgehead atoms. The molecule has 1 rings (SSSR count). The third-order valence-electron chi connectivity index (χ3n) is 3.52. The highest BCUT2D eigenvalue weighted by Crippen LogP contribution is 2.32. The zero-order valence-electron chi connectivity index (χ0n) is 13.0. The molecule has 1 atom stereocenters. The van der Waals surface area contributed by atoms with Crippen LogP contribution in [-0.2, 0) is 4.79 Å². The number of carboxylic acids is 1. The molecule has 0 aliphatic heterocycles. The first-order valence-corrected chi connectivity index (χ1v) is 7.45. The van der Waals surface area contributed by atoms with Crippen molar-refractivity contribution in [1.29, 1.82) is 0 Å². The number of aliphatic carboxylic acids is 1. The van der Waals surface area contributed by atoms with Crippen LogP contribution in [0.15, 0.2) is 12.1 Å². The summed E-state index contributed by atoms with van der Waals surface area (Å²) in [5.41, 5.74) is 3.36. The maximum absolute atomic E-state index is 11.0. The van der Waals surface area contributed by atoms with Crippen LogP contribution < -0.4 is 4.74 Å². The smallest absolute Gasteiger partial charge is 0.303 e. The minimum atomic E-state index is -0.730. The van der Waals surface area contributed by atoms with E-state index in [0.717, 1.165) is 41.7 Å². The van der Waals surface area contributed by atoms with Crippen LogP contribution in [0.1, 0.15) is 62.1 Å². The van der Waals surface area contributed by atoms with Crippen molar-refractivity contribution in [3.8, 4) is 5.75 Å². The van der Waals surface area contributed by atoms with Gasteiger partial charge in [-0.1, -0.05) is 26.3 Å². The van der Waals surface area contributed by atoms with E-state index in [1.54, 1.807) is 0 Å². The fourth-order valence-corrected chi connectivity index (χ4v) is 2.55. The van der Waals surface area contributed by atoms with E-state index in [2.05, 4.69) is 19.9 Å². The SMILES string of the molecule is CCCOc1cc(C)c(C(CCC)CC(=O)O)cc1C. The molecule has 0 spiro atoms. The molecule has 3 heteroatoms. The quantitative estimate of drug-likeness (QED) is 0.764. The van der Waals surface area contributed by atoms with Gasteiger partial charge in [-0.05, 0) is 55.4 Å². The summed E-state index contributed by atoms with van der Waals surface area (Å²) in [6.07, 6.45) is 3.08. The van der Waals surface area contributed by atoms with Crippen molar-refractivity contribution in [2.24, 2.45) is 0 Å². The molecule has 1 aromatic rings. The normalized spacial score (nSPS) is 12.2. The Labute approximate surface area is 122 Å². The summed E-state index contributed by atoms with van der Waals surface area (Å²) < 4.78 is 5.73. The lowest BCUT2D eigenvalue weighted by atomic mass is 9.87. The van der Waals surface area contributed by atoms with Gasteiger partial charge in [-0.15, -0.1) is 0 Å². The number of carboxylic acid groups (broad SMARTS) is 1. The fourth-order valence-electron chi connectivity index (χ4n) is 2.55. The molecular formula is C17H26O3. The van der Waals surface area contributed by atoms with Gasteiger partial charge in [0.1, 0.15) is 5.75 Å². The van der Waals surface area contributed by atoms with Crippen LogP contribution in [0, 0.1) is 13.8 Å². The van der Waals surface area contributed by atoms with Gasteiger partial charge in [-0.3, -0.25) is 4.79 Å². The summed E-state index contributed by atoms with van der Waals surface area (Å²) >= 11 is 0. The average molecular weight is 278 g/mol. The molecule has 1 N–H and O–H groups in total. The van der Waals surface area contributed by atoms with Crippen molar-refractivity contribution in [2.45, 2.75) is 59.3 Å². The van der Waals surface area contributed by atoms with E-state index in [9.17, 15) is 4.79 Å². The van der Waals surface area contributed by atoms with Gasteiger partial charge < -0.3 is 9.84 Å². The molecule has 0 saturated heterocycles. The predicted octanol–water partition coefficient (Wildman–Crippen LogP) is 4.45. The number of hydrogen-bond donors (Lipinski definition) is 1. The van der Waals surface area contributed by atoms with E-state index in [-0.39, 0.29) is 12.3 Å². The highest BCUT2D eigenvalue weighted by molar-refractivity contribution is 5.68. The number of ether oxygens (including phenoxy) is 1. The van der Waals surface area contributed by atoms with Crippen molar-refractivity contribution >= 4 is 5.97 Å². The monoisotopic (exact) mass is 278 g/mol. The topological polar surface area (TPSA) is 46.5 Å². The van der Waals surface area contributed by atoms with Crippen LogP contribution in [0.3, 0.4) is 0 Å². The van der Waals surface area contributed by atoms with E-state index in [1.165, 1.54) is 0 Å². The lowest BCUT2D eigenvalue weighted by molar-refractivity contribution is -0.137. The standard InChI is InChI=1S/C17H26O3/c1-5-7-14(11-17(18)19)15-9-13(4)16(10-12(15)3)20-8-6-2/h9-10,14H,5-8,11H2,1-4H3,(H,18,19). The van der Waals surface area contributed by atoms with Crippen LogP contribution >= 0.6 is 0 Å². The second-order valence-electron chi connectivity index (χ2n) is 5.41. The van der Waals surface area contributed by atoms with E-state index in [0.29, 0.717) is 6.61 Å². The number of rotatable bonds is 8. The number of carbonyl (C=O) groups is 1.